The zero-order valence-corrected chi connectivity index (χ0v) is 8.42. The van der Waals surface area contributed by atoms with E-state index in [9.17, 15) is 9.59 Å². The lowest BCUT2D eigenvalue weighted by Crippen LogP contribution is -2.30. The molecule has 0 aromatic carbocycles. The van der Waals surface area contributed by atoms with Gasteiger partial charge in [-0.3, -0.25) is 4.79 Å². The van der Waals surface area contributed by atoms with Crippen molar-refractivity contribution in [1.82, 2.24) is 0 Å². The summed E-state index contributed by atoms with van der Waals surface area (Å²) in [4.78, 5) is 22.9. The summed E-state index contributed by atoms with van der Waals surface area (Å²) in [6, 6.07) is 0. The highest BCUT2D eigenvalue weighted by atomic mass is 16.6. The average molecular weight is 196 g/mol. The van der Waals surface area contributed by atoms with Gasteiger partial charge in [0.15, 0.2) is 17.1 Å². The normalized spacial score (nSPS) is 29.8. The summed E-state index contributed by atoms with van der Waals surface area (Å²) in [5.41, 5.74) is -0.690. The van der Waals surface area contributed by atoms with Crippen LogP contribution in [0.3, 0.4) is 0 Å². The molecule has 2 rings (SSSR count). The van der Waals surface area contributed by atoms with Crippen molar-refractivity contribution in [3.05, 3.63) is 11.3 Å². The molecule has 1 atom stereocenters. The summed E-state index contributed by atoms with van der Waals surface area (Å²) in [6.07, 6.45) is 0.0827. The maximum Gasteiger partial charge on any atom is 0.346 e. The fraction of sp³-hybridized carbons (Fsp3) is 0.600. The van der Waals surface area contributed by atoms with Crippen molar-refractivity contribution in [2.45, 2.75) is 38.9 Å². The second-order valence-electron chi connectivity index (χ2n) is 4.16. The monoisotopic (exact) mass is 196 g/mol. The number of cyclic esters (lactones) is 1. The number of esters is 1. The first-order valence-electron chi connectivity index (χ1n) is 4.60. The summed E-state index contributed by atoms with van der Waals surface area (Å²) in [5.74, 6) is -0.331. The predicted molar refractivity (Wildman–Crippen MR) is 47.4 cm³/mol. The van der Waals surface area contributed by atoms with E-state index < -0.39 is 11.6 Å². The summed E-state index contributed by atoms with van der Waals surface area (Å²) < 4.78 is 10.5. The third-order valence-electron chi connectivity index (χ3n) is 2.40. The van der Waals surface area contributed by atoms with Crippen molar-refractivity contribution in [1.29, 1.82) is 0 Å². The molecule has 4 nitrogen and oxygen atoms in total. The van der Waals surface area contributed by atoms with Gasteiger partial charge in [0.25, 0.3) is 0 Å². The van der Waals surface area contributed by atoms with E-state index in [1.807, 2.05) is 0 Å². The van der Waals surface area contributed by atoms with E-state index in [0.717, 1.165) is 0 Å². The van der Waals surface area contributed by atoms with Crippen molar-refractivity contribution in [3.63, 3.8) is 0 Å². The molecular formula is C10H12O4. The molecule has 0 bridgehead atoms. The molecule has 0 aromatic rings. The van der Waals surface area contributed by atoms with Gasteiger partial charge in [0.05, 0.1) is 0 Å². The highest BCUT2D eigenvalue weighted by Gasteiger charge is 2.48. The molecule has 0 fully saturated rings. The van der Waals surface area contributed by atoms with Crippen molar-refractivity contribution in [3.8, 4) is 0 Å². The van der Waals surface area contributed by atoms with Crippen LogP contribution in [0.1, 0.15) is 27.2 Å². The summed E-state index contributed by atoms with van der Waals surface area (Å²) in [5, 5.41) is 0. The van der Waals surface area contributed by atoms with Gasteiger partial charge in [0.1, 0.15) is 11.7 Å². The zero-order chi connectivity index (χ0) is 10.5. The van der Waals surface area contributed by atoms with Crippen LogP contribution in [0.4, 0.5) is 0 Å². The molecule has 0 N–H and O–H groups in total. The van der Waals surface area contributed by atoms with E-state index in [1.165, 1.54) is 0 Å². The van der Waals surface area contributed by atoms with E-state index in [1.54, 1.807) is 20.8 Å². The number of rotatable bonds is 0. The third-order valence-corrected chi connectivity index (χ3v) is 2.40. The minimum absolute atomic E-state index is 0.105. The summed E-state index contributed by atoms with van der Waals surface area (Å²) in [7, 11) is 0. The fourth-order valence-electron chi connectivity index (χ4n) is 1.77. The van der Waals surface area contributed by atoms with Gasteiger partial charge in [-0.25, -0.2) is 4.79 Å². The second kappa shape index (κ2) is 2.59. The van der Waals surface area contributed by atoms with Crippen molar-refractivity contribution >= 4 is 11.8 Å². The molecule has 0 radical (unpaired) electrons. The van der Waals surface area contributed by atoms with Gasteiger partial charge in [0.2, 0.25) is 0 Å². The van der Waals surface area contributed by atoms with E-state index in [0.29, 0.717) is 5.76 Å². The number of carbonyl (C=O) groups excluding carboxylic acids is 2. The Kier molecular flexibility index (Phi) is 1.71. The van der Waals surface area contributed by atoms with E-state index in [4.69, 9.17) is 9.47 Å². The minimum atomic E-state index is -0.795. The van der Waals surface area contributed by atoms with Crippen LogP contribution in [-0.4, -0.2) is 23.5 Å². The molecule has 4 heteroatoms. The Labute approximate surface area is 81.9 Å². The van der Waals surface area contributed by atoms with Crippen LogP contribution >= 0.6 is 0 Å². The number of hydrogen-bond donors (Lipinski definition) is 0. The van der Waals surface area contributed by atoms with Gasteiger partial charge in [0, 0.05) is 6.42 Å². The molecule has 14 heavy (non-hydrogen) atoms. The van der Waals surface area contributed by atoms with Gasteiger partial charge in [-0.15, -0.1) is 0 Å². The first-order valence-corrected chi connectivity index (χ1v) is 4.60. The van der Waals surface area contributed by atoms with E-state index in [2.05, 4.69) is 0 Å². The number of ketones is 1. The molecule has 0 amide bonds. The van der Waals surface area contributed by atoms with Crippen LogP contribution in [0.15, 0.2) is 11.3 Å². The van der Waals surface area contributed by atoms with Gasteiger partial charge < -0.3 is 9.47 Å². The Morgan fingerprint density at radius 3 is 2.64 bits per heavy atom. The number of carbonyl (C=O) groups is 2. The number of Topliss-reactive ketones (excluding diaryl/α,β-unsaturated/α-hetero) is 1. The quantitative estimate of drug-likeness (QED) is 0.427. The van der Waals surface area contributed by atoms with Crippen molar-refractivity contribution < 1.29 is 19.1 Å². The standard InChI is InChI=1S/C10H12O4/c1-5-4-6(11)7-8(13-5)10(2,3)14-9(7)12/h5H,4H2,1-3H3. The van der Waals surface area contributed by atoms with Crippen LogP contribution in [-0.2, 0) is 19.1 Å². The molecule has 76 valence electrons. The van der Waals surface area contributed by atoms with Crippen LogP contribution < -0.4 is 0 Å². The third kappa shape index (κ3) is 1.14. The average Bonchev–Trinajstić information content (AvgIpc) is 2.21. The molecule has 0 aromatic heterocycles. The molecule has 1 unspecified atom stereocenters. The molecular weight excluding hydrogens is 184 g/mol. The lowest BCUT2D eigenvalue weighted by Gasteiger charge is -2.26. The Bertz CT molecular complexity index is 351. The Morgan fingerprint density at radius 1 is 1.36 bits per heavy atom. The van der Waals surface area contributed by atoms with Crippen molar-refractivity contribution in [2.24, 2.45) is 0 Å². The number of ether oxygens (including phenoxy) is 2. The molecule has 0 saturated carbocycles. The Morgan fingerprint density at radius 2 is 2.00 bits per heavy atom. The smallest absolute Gasteiger partial charge is 0.346 e. The maximum atomic E-state index is 11.5. The Balaban J connectivity index is 2.50. The maximum absolute atomic E-state index is 11.5. The summed E-state index contributed by atoms with van der Waals surface area (Å²) in [6.45, 7) is 5.25. The van der Waals surface area contributed by atoms with E-state index >= 15 is 0 Å². The van der Waals surface area contributed by atoms with Gasteiger partial charge in [-0.1, -0.05) is 0 Å². The molecule has 0 saturated heterocycles. The summed E-state index contributed by atoms with van der Waals surface area (Å²) >= 11 is 0. The lowest BCUT2D eigenvalue weighted by atomic mass is 9.97. The number of hydrogen-bond acceptors (Lipinski definition) is 4. The van der Waals surface area contributed by atoms with Crippen LogP contribution in [0.25, 0.3) is 0 Å². The van der Waals surface area contributed by atoms with Gasteiger partial charge in [-0.05, 0) is 20.8 Å². The van der Waals surface area contributed by atoms with Crippen molar-refractivity contribution in [2.75, 3.05) is 0 Å². The molecule has 2 heterocycles. The first-order chi connectivity index (χ1) is 6.42. The van der Waals surface area contributed by atoms with Gasteiger partial charge >= 0.3 is 5.97 Å². The SMILES string of the molecule is CC1CC(=O)C2=C(O1)C(C)(C)OC2=O. The van der Waals surface area contributed by atoms with Crippen LogP contribution in [0.2, 0.25) is 0 Å². The second-order valence-corrected chi connectivity index (χ2v) is 4.16. The largest absolute Gasteiger partial charge is 0.489 e. The molecule has 0 aliphatic carbocycles. The van der Waals surface area contributed by atoms with E-state index in [-0.39, 0.29) is 23.9 Å². The minimum Gasteiger partial charge on any atom is -0.489 e. The highest BCUT2D eigenvalue weighted by molar-refractivity contribution is 6.19. The molecule has 2 aliphatic heterocycles. The predicted octanol–water partition coefficient (Wildman–Crippen LogP) is 0.954. The van der Waals surface area contributed by atoms with Crippen LogP contribution in [0, 0.1) is 0 Å². The highest BCUT2D eigenvalue weighted by Crippen LogP contribution is 2.37. The fourth-order valence-corrected chi connectivity index (χ4v) is 1.77. The van der Waals surface area contributed by atoms with Gasteiger partial charge in [-0.2, -0.15) is 0 Å². The lowest BCUT2D eigenvalue weighted by molar-refractivity contribution is -0.146. The van der Waals surface area contributed by atoms with Crippen LogP contribution in [0.5, 0.6) is 0 Å². The Hall–Kier alpha value is -1.32. The topological polar surface area (TPSA) is 52.6 Å². The zero-order valence-electron chi connectivity index (χ0n) is 8.42. The molecule has 2 aliphatic rings. The first kappa shape index (κ1) is 9.24. The molecule has 0 spiro atoms.